The fourth-order valence-corrected chi connectivity index (χ4v) is 14.0. The highest BCUT2D eigenvalue weighted by atomic mass is 35.5. The minimum absolute atomic E-state index is 0.138. The second-order valence-electron chi connectivity index (χ2n) is 25.6. The molecule has 15 rings (SSSR count). The van der Waals surface area contributed by atoms with Crippen LogP contribution in [0.3, 0.4) is 0 Å². The minimum atomic E-state index is -1.07. The summed E-state index contributed by atoms with van der Waals surface area (Å²) >= 11 is 8.53. The topological polar surface area (TPSA) is 11.4 Å². The number of aromatic nitrogens is 1. The maximum atomic E-state index is 10.9. The Kier molecular flexibility index (Phi) is 9.47. The lowest BCUT2D eigenvalue weighted by Crippen LogP contribution is -2.60. The van der Waals surface area contributed by atoms with E-state index in [0.29, 0.717) is 38.7 Å². The molecule has 2 aromatic heterocycles. The smallest absolute Gasteiger partial charge is 0.264 e. The van der Waals surface area contributed by atoms with Crippen LogP contribution >= 0.6 is 22.9 Å². The van der Waals surface area contributed by atoms with Gasteiger partial charge in [0.15, 0.2) is 0 Å². The summed E-state index contributed by atoms with van der Waals surface area (Å²) in [6.45, 7) is 18.4. The van der Waals surface area contributed by atoms with E-state index in [2.05, 4.69) is 157 Å². The fourth-order valence-electron chi connectivity index (χ4n) is 12.6. The lowest BCUT2D eigenvalue weighted by atomic mass is 9.36. The molecule has 0 bridgehead atoms. The van der Waals surface area contributed by atoms with Gasteiger partial charge in [-0.15, -0.1) is 11.3 Å². The molecule has 2 aliphatic heterocycles. The lowest BCUT2D eigenvalue weighted by molar-refractivity contribution is 0.590. The highest BCUT2D eigenvalue weighted by Crippen LogP contribution is 2.57. The molecule has 418 valence electrons. The Labute approximate surface area is 535 Å². The number of fused-ring (bicyclic) bond motifs is 9. The maximum absolute atomic E-state index is 10.9. The van der Waals surface area contributed by atoms with Crippen LogP contribution < -0.4 is 25.5 Å². The van der Waals surface area contributed by atoms with Crippen LogP contribution in [0, 0.1) is 0 Å². The van der Waals surface area contributed by atoms with Crippen LogP contribution in [-0.2, 0) is 16.2 Å². The van der Waals surface area contributed by atoms with Crippen molar-refractivity contribution in [3.8, 4) is 50.2 Å². The van der Waals surface area contributed by atoms with Crippen LogP contribution in [0.4, 0.5) is 34.1 Å². The third kappa shape index (κ3) is 8.76. The summed E-state index contributed by atoms with van der Waals surface area (Å²) in [5, 5.41) is -0.574. The summed E-state index contributed by atoms with van der Waals surface area (Å²) in [4.78, 5) is 4.29. The van der Waals surface area contributed by atoms with Crippen molar-refractivity contribution in [2.24, 2.45) is 0 Å². The van der Waals surface area contributed by atoms with Gasteiger partial charge in [-0.2, -0.15) is 0 Å². The molecule has 0 unspecified atom stereocenters. The van der Waals surface area contributed by atoms with E-state index < -0.39 is 78.0 Å². The van der Waals surface area contributed by atoms with E-state index in [1.165, 1.54) is 0 Å². The van der Waals surface area contributed by atoms with Crippen LogP contribution in [0.1, 0.15) is 98.2 Å². The molecule has 11 aromatic carbocycles. The molecule has 3 nitrogen and oxygen atoms in total. The molecule has 86 heavy (non-hydrogen) atoms. The molecule has 0 fully saturated rings. The summed E-state index contributed by atoms with van der Waals surface area (Å²) in [5.41, 5.74) is 11.4. The monoisotopic (exact) mass is 1160 g/mol. The first-order valence-electron chi connectivity index (χ1n) is 36.1. The van der Waals surface area contributed by atoms with E-state index in [9.17, 15) is 13.7 Å². The molecule has 0 N–H and O–H groups in total. The predicted octanol–water partition coefficient (Wildman–Crippen LogP) is 21.3. The van der Waals surface area contributed by atoms with Crippen molar-refractivity contribution < 1.29 is 19.2 Å². The highest BCUT2D eigenvalue weighted by Gasteiger charge is 2.48. The molecule has 13 aromatic rings. The fraction of sp³-hybridized carbons (Fsp3) is 0.150. The highest BCUT2D eigenvalue weighted by molar-refractivity contribution is 7.33. The zero-order chi connectivity index (χ0) is 71.1. The van der Waals surface area contributed by atoms with Crippen molar-refractivity contribution in [3.05, 3.63) is 264 Å². The van der Waals surface area contributed by atoms with E-state index in [1.807, 2.05) is 72.8 Å². The molecule has 4 heterocycles. The van der Waals surface area contributed by atoms with Gasteiger partial charge in [-0.3, -0.25) is 0 Å². The van der Waals surface area contributed by atoms with Crippen LogP contribution in [0.5, 0.6) is 0 Å². The van der Waals surface area contributed by atoms with Gasteiger partial charge in [0.2, 0.25) is 0 Å². The predicted molar refractivity (Wildman–Crippen MR) is 373 cm³/mol. The van der Waals surface area contributed by atoms with Gasteiger partial charge in [0.05, 0.1) is 47.3 Å². The SMILES string of the molecule is [2H]c1c([2H])c2c(c([2H])c1Cl)N(c1c(-c3ccccc3)cc(C(C)(C)C)cc1-c1ccccc1)c1cc(C(C)(C)C)cc3c1B2c1sc2c([2H])c(-n4c5c([2H])c([2H])c([2H])c([2H])c5c5c([2H])c([2H])c([2H])c([2H])c54)c([2H])c([2H])c2c1N3c1c(-c2ccccc2)cc(C(C)(C)C)cc1-c1ccccc1. The molecule has 0 saturated heterocycles. The molecule has 0 radical (unpaired) electrons. The van der Waals surface area contributed by atoms with Gasteiger partial charge in [-0.05, 0) is 145 Å². The van der Waals surface area contributed by atoms with Crippen molar-refractivity contribution in [1.82, 2.24) is 4.57 Å². The number of halogens is 1. The van der Waals surface area contributed by atoms with Crippen molar-refractivity contribution in [1.29, 1.82) is 0 Å². The Hall–Kier alpha value is -8.87. The third-order valence-electron chi connectivity index (χ3n) is 17.0. The Morgan fingerprint density at radius 3 is 1.29 bits per heavy atom. The van der Waals surface area contributed by atoms with E-state index in [4.69, 9.17) is 17.1 Å². The second-order valence-corrected chi connectivity index (χ2v) is 27.0. The average Bonchev–Trinajstić information content (AvgIpc) is 1.29. The Morgan fingerprint density at radius 2 is 0.837 bits per heavy atom. The Bertz CT molecular complexity index is 5490. The number of rotatable bonds is 7. The van der Waals surface area contributed by atoms with Gasteiger partial charge >= 0.3 is 0 Å². The van der Waals surface area contributed by atoms with Gasteiger partial charge in [0.25, 0.3) is 6.71 Å². The second kappa shape index (κ2) is 20.1. The first-order chi connectivity index (χ1) is 47.3. The summed E-state index contributed by atoms with van der Waals surface area (Å²) in [7, 11) is 0. The number of para-hydroxylation sites is 2. The molecule has 2 aliphatic rings. The lowest BCUT2D eigenvalue weighted by Gasteiger charge is -2.46. The summed E-state index contributed by atoms with van der Waals surface area (Å²) in [6.07, 6.45) is 0. The van der Waals surface area contributed by atoms with Crippen LogP contribution in [0.25, 0.3) is 82.1 Å². The largest absolute Gasteiger partial charge is 0.310 e. The number of thiophene rings is 1. The Morgan fingerprint density at radius 1 is 0.419 bits per heavy atom. The van der Waals surface area contributed by atoms with Crippen molar-refractivity contribution in [3.63, 3.8) is 0 Å². The zero-order valence-corrected chi connectivity index (χ0v) is 50.8. The van der Waals surface area contributed by atoms with Gasteiger partial charge in [-0.1, -0.05) is 238 Å². The van der Waals surface area contributed by atoms with E-state index in [0.717, 1.165) is 77.1 Å². The zero-order valence-electron chi connectivity index (χ0n) is 63.2. The van der Waals surface area contributed by atoms with Crippen molar-refractivity contribution in [2.45, 2.75) is 78.6 Å². The first-order valence-corrected chi connectivity index (χ1v) is 30.3. The maximum Gasteiger partial charge on any atom is 0.264 e. The molecule has 0 amide bonds. The first kappa shape index (κ1) is 40.5. The van der Waals surface area contributed by atoms with Crippen molar-refractivity contribution in [2.75, 3.05) is 9.80 Å². The average molecular weight is 1160 g/mol. The van der Waals surface area contributed by atoms with E-state index in [-0.39, 0.29) is 83.3 Å². The van der Waals surface area contributed by atoms with Gasteiger partial charge in [-0.25, -0.2) is 0 Å². The molecule has 0 atom stereocenters. The van der Waals surface area contributed by atoms with Crippen LogP contribution in [0.15, 0.2) is 242 Å². The molecule has 6 heteroatoms. The number of nitrogens with zero attached hydrogens (tertiary/aromatic N) is 3. The van der Waals surface area contributed by atoms with Crippen LogP contribution in [-0.4, -0.2) is 11.3 Å². The van der Waals surface area contributed by atoms with E-state index >= 15 is 0 Å². The molecular formula is C80H67BClN3S. The van der Waals surface area contributed by atoms with Crippen LogP contribution in [0.2, 0.25) is 5.02 Å². The molecule has 0 spiro atoms. The molecule has 0 aliphatic carbocycles. The number of hydrogen-bond donors (Lipinski definition) is 0. The molecule has 0 saturated carbocycles. The number of hydrogen-bond acceptors (Lipinski definition) is 3. The van der Waals surface area contributed by atoms with Gasteiger partial charge < -0.3 is 14.4 Å². The minimum Gasteiger partial charge on any atom is -0.310 e. The number of anilines is 6. The standard InChI is InChI=1S/C80H67BClN3S/c1-78(2,3)54-42-62(50-26-14-10-15-27-50)74(63(43-54)51-28-16-11-17-29-51)84-69-48-57(82)38-41-66(69)81-73-70(84)46-56(80(7,8)9)47-71(73)85(75-64(52-30-18-12-19-31-52)44-55(79(4,5)6)45-65(75)53-32-20-13-21-33-53)76-61-40-39-58(49-72(61)86-77(76)81)83-67-36-24-22-34-59(67)60-35-23-25-37-68(60)83/h10-49H,1-9H3/i22D,23D,24D,25D,34D,35D,36D,37D,38D,39D,40D,41D,48D,49D. The summed E-state index contributed by atoms with van der Waals surface area (Å²) < 4.78 is 139. The van der Waals surface area contributed by atoms with E-state index in [1.54, 1.807) is 0 Å². The Balaban J connectivity index is 1.20. The third-order valence-corrected chi connectivity index (χ3v) is 18.4. The number of benzene rings is 11. The summed E-state index contributed by atoms with van der Waals surface area (Å²) in [5.74, 6) is 0. The van der Waals surface area contributed by atoms with Gasteiger partial charge in [0.1, 0.15) is 0 Å². The molecular weight excluding hydrogens is 1080 g/mol. The quantitative estimate of drug-likeness (QED) is 0.147. The van der Waals surface area contributed by atoms with Crippen molar-refractivity contribution >= 4 is 111 Å². The normalized spacial score (nSPS) is 15.4. The summed E-state index contributed by atoms with van der Waals surface area (Å²) in [6, 6.07) is 46.4. The van der Waals surface area contributed by atoms with Gasteiger partial charge in [0, 0.05) is 75.7 Å².